The Hall–Kier alpha value is -3.19. The molecule has 7 nitrogen and oxygen atoms in total. The van der Waals surface area contributed by atoms with E-state index in [9.17, 15) is 14.9 Å². The van der Waals surface area contributed by atoms with Crippen molar-refractivity contribution in [1.29, 1.82) is 0 Å². The molecule has 0 aliphatic carbocycles. The number of nitrogens with zero attached hydrogens (tertiary/aromatic N) is 2. The number of cyclic esters (lactones) is 1. The van der Waals surface area contributed by atoms with E-state index in [1.165, 1.54) is 31.4 Å². The van der Waals surface area contributed by atoms with Crippen molar-refractivity contribution in [2.24, 2.45) is 4.99 Å². The van der Waals surface area contributed by atoms with Crippen molar-refractivity contribution in [2.45, 2.75) is 0 Å². The van der Waals surface area contributed by atoms with E-state index in [0.29, 0.717) is 16.3 Å². The van der Waals surface area contributed by atoms with Crippen LogP contribution in [0.25, 0.3) is 6.08 Å². The average Bonchev–Trinajstić information content (AvgIpc) is 2.97. The fourth-order valence-corrected chi connectivity index (χ4v) is 2.43. The molecule has 0 spiro atoms. The Kier molecular flexibility index (Phi) is 4.49. The predicted octanol–water partition coefficient (Wildman–Crippen LogP) is 3.60. The molecule has 8 heteroatoms. The summed E-state index contributed by atoms with van der Waals surface area (Å²) in [5.74, 6) is -0.441. The molecule has 0 radical (unpaired) electrons. The zero-order valence-corrected chi connectivity index (χ0v) is 13.7. The second kappa shape index (κ2) is 6.74. The van der Waals surface area contributed by atoms with Crippen molar-refractivity contribution >= 4 is 35.2 Å². The number of aliphatic imine (C=N–C) groups is 1. The van der Waals surface area contributed by atoms with Crippen molar-refractivity contribution in [3.05, 3.63) is 74.4 Å². The SMILES string of the molecule is COc1ccc([N+](=O)[O-])cc1C1=NC(=Cc2ccccc2Cl)C(=O)O1. The van der Waals surface area contributed by atoms with Crippen molar-refractivity contribution in [2.75, 3.05) is 7.11 Å². The molecular weight excluding hydrogens is 348 g/mol. The summed E-state index contributed by atoms with van der Waals surface area (Å²) in [6.45, 7) is 0. The van der Waals surface area contributed by atoms with Gasteiger partial charge in [-0.15, -0.1) is 0 Å². The molecule has 0 aromatic heterocycles. The topological polar surface area (TPSA) is 91.0 Å². The summed E-state index contributed by atoms with van der Waals surface area (Å²) >= 11 is 6.07. The number of hydrogen-bond donors (Lipinski definition) is 0. The molecule has 1 aliphatic rings. The van der Waals surface area contributed by atoms with Crippen LogP contribution < -0.4 is 4.74 Å². The van der Waals surface area contributed by atoms with Gasteiger partial charge in [0, 0.05) is 17.2 Å². The number of ether oxygens (including phenoxy) is 2. The van der Waals surface area contributed by atoms with E-state index in [0.717, 1.165) is 0 Å². The lowest BCUT2D eigenvalue weighted by Crippen LogP contribution is -2.07. The molecule has 2 aromatic rings. The first-order valence-electron chi connectivity index (χ1n) is 7.09. The molecule has 2 aromatic carbocycles. The fourth-order valence-electron chi connectivity index (χ4n) is 2.24. The van der Waals surface area contributed by atoms with Gasteiger partial charge in [0.25, 0.3) is 5.69 Å². The first kappa shape index (κ1) is 16.7. The van der Waals surface area contributed by atoms with Gasteiger partial charge >= 0.3 is 5.97 Å². The average molecular weight is 359 g/mol. The fraction of sp³-hybridized carbons (Fsp3) is 0.0588. The first-order chi connectivity index (χ1) is 12.0. The van der Waals surface area contributed by atoms with E-state index in [4.69, 9.17) is 21.1 Å². The predicted molar refractivity (Wildman–Crippen MR) is 91.7 cm³/mol. The van der Waals surface area contributed by atoms with Crippen LogP contribution in [-0.2, 0) is 9.53 Å². The molecular formula is C17H11ClN2O5. The van der Waals surface area contributed by atoms with Crippen molar-refractivity contribution in [3.8, 4) is 5.75 Å². The molecule has 0 bridgehead atoms. The Morgan fingerprint density at radius 3 is 2.72 bits per heavy atom. The Bertz CT molecular complexity index is 936. The van der Waals surface area contributed by atoms with Gasteiger partial charge in [0.2, 0.25) is 5.90 Å². The van der Waals surface area contributed by atoms with Gasteiger partial charge in [-0.3, -0.25) is 10.1 Å². The zero-order chi connectivity index (χ0) is 18.0. The monoisotopic (exact) mass is 358 g/mol. The minimum atomic E-state index is -0.677. The van der Waals surface area contributed by atoms with Crippen molar-refractivity contribution in [3.63, 3.8) is 0 Å². The molecule has 25 heavy (non-hydrogen) atoms. The van der Waals surface area contributed by atoms with Gasteiger partial charge < -0.3 is 9.47 Å². The number of hydrogen-bond acceptors (Lipinski definition) is 6. The number of halogens is 1. The van der Waals surface area contributed by atoms with E-state index >= 15 is 0 Å². The maximum atomic E-state index is 12.1. The van der Waals surface area contributed by atoms with Crippen molar-refractivity contribution in [1.82, 2.24) is 0 Å². The molecule has 0 unspecified atom stereocenters. The first-order valence-corrected chi connectivity index (χ1v) is 7.47. The van der Waals surface area contributed by atoms with E-state index in [-0.39, 0.29) is 22.8 Å². The molecule has 0 amide bonds. The van der Waals surface area contributed by atoms with Crippen molar-refractivity contribution < 1.29 is 19.2 Å². The van der Waals surface area contributed by atoms with Crippen LogP contribution >= 0.6 is 11.6 Å². The Balaban J connectivity index is 2.05. The van der Waals surface area contributed by atoms with E-state index in [2.05, 4.69) is 4.99 Å². The molecule has 0 N–H and O–H groups in total. The van der Waals surface area contributed by atoms with E-state index in [1.54, 1.807) is 24.3 Å². The molecule has 1 aliphatic heterocycles. The van der Waals surface area contributed by atoms with Crippen LogP contribution in [0.1, 0.15) is 11.1 Å². The summed E-state index contributed by atoms with van der Waals surface area (Å²) in [5.41, 5.74) is 0.689. The summed E-state index contributed by atoms with van der Waals surface area (Å²) in [4.78, 5) is 26.6. The molecule has 0 atom stereocenters. The minimum Gasteiger partial charge on any atom is -0.496 e. The van der Waals surface area contributed by atoms with Crippen LogP contribution in [0.4, 0.5) is 5.69 Å². The minimum absolute atomic E-state index is 0.0386. The highest BCUT2D eigenvalue weighted by molar-refractivity contribution is 6.32. The molecule has 0 saturated heterocycles. The molecule has 0 saturated carbocycles. The number of non-ortho nitro benzene ring substituents is 1. The number of nitro benzene ring substituents is 1. The summed E-state index contributed by atoms with van der Waals surface area (Å²) in [6, 6.07) is 10.9. The molecule has 3 rings (SSSR count). The Labute approximate surface area is 147 Å². The van der Waals surface area contributed by atoms with Gasteiger partial charge in [0.1, 0.15) is 5.75 Å². The third kappa shape index (κ3) is 3.36. The van der Waals surface area contributed by atoms with Gasteiger partial charge in [-0.2, -0.15) is 0 Å². The number of benzene rings is 2. The highest BCUT2D eigenvalue weighted by atomic mass is 35.5. The summed E-state index contributed by atoms with van der Waals surface area (Å²) in [6.07, 6.45) is 1.49. The molecule has 126 valence electrons. The maximum absolute atomic E-state index is 12.1. The quantitative estimate of drug-likeness (QED) is 0.360. The number of rotatable bonds is 4. The van der Waals surface area contributed by atoms with Crippen LogP contribution in [0.5, 0.6) is 5.75 Å². The normalized spacial score (nSPS) is 15.0. The zero-order valence-electron chi connectivity index (χ0n) is 12.9. The molecule has 1 heterocycles. The van der Waals surface area contributed by atoms with Gasteiger partial charge in [-0.25, -0.2) is 9.79 Å². The lowest BCUT2D eigenvalue weighted by Gasteiger charge is -2.06. The van der Waals surface area contributed by atoms with Crippen LogP contribution in [0, 0.1) is 10.1 Å². The largest absolute Gasteiger partial charge is 0.496 e. The van der Waals surface area contributed by atoms with Gasteiger partial charge in [0.15, 0.2) is 5.70 Å². The summed E-state index contributed by atoms with van der Waals surface area (Å²) < 4.78 is 10.3. The number of carbonyl (C=O) groups is 1. The third-order valence-electron chi connectivity index (χ3n) is 3.44. The van der Waals surface area contributed by atoms with Gasteiger partial charge in [0.05, 0.1) is 17.6 Å². The Morgan fingerprint density at radius 1 is 1.28 bits per heavy atom. The number of carbonyl (C=O) groups excluding carboxylic acids is 1. The third-order valence-corrected chi connectivity index (χ3v) is 3.79. The highest BCUT2D eigenvalue weighted by Gasteiger charge is 2.28. The lowest BCUT2D eigenvalue weighted by molar-refractivity contribution is -0.384. The second-order valence-electron chi connectivity index (χ2n) is 5.00. The maximum Gasteiger partial charge on any atom is 0.363 e. The second-order valence-corrected chi connectivity index (χ2v) is 5.41. The smallest absolute Gasteiger partial charge is 0.363 e. The number of methoxy groups -OCH3 is 1. The van der Waals surface area contributed by atoms with Crippen LogP contribution in [-0.4, -0.2) is 23.9 Å². The molecule has 0 fully saturated rings. The number of nitro groups is 1. The highest BCUT2D eigenvalue weighted by Crippen LogP contribution is 2.29. The van der Waals surface area contributed by atoms with Crippen LogP contribution in [0.3, 0.4) is 0 Å². The van der Waals surface area contributed by atoms with Crippen LogP contribution in [0.15, 0.2) is 53.2 Å². The van der Waals surface area contributed by atoms with Gasteiger partial charge in [-0.05, 0) is 23.8 Å². The summed E-state index contributed by atoms with van der Waals surface area (Å²) in [7, 11) is 1.41. The number of esters is 1. The Morgan fingerprint density at radius 2 is 2.04 bits per heavy atom. The van der Waals surface area contributed by atoms with E-state index < -0.39 is 10.9 Å². The van der Waals surface area contributed by atoms with E-state index in [1.807, 2.05) is 0 Å². The lowest BCUT2D eigenvalue weighted by atomic mass is 10.1. The summed E-state index contributed by atoms with van der Waals surface area (Å²) in [5, 5.41) is 11.4. The van der Waals surface area contributed by atoms with Gasteiger partial charge in [-0.1, -0.05) is 29.8 Å². The van der Waals surface area contributed by atoms with Crippen LogP contribution in [0.2, 0.25) is 5.02 Å². The standard InChI is InChI=1S/C17H11ClN2O5/c1-24-15-7-6-11(20(22)23)9-12(15)16-19-14(17(21)25-16)8-10-4-2-3-5-13(10)18/h2-9H,1H3.